The van der Waals surface area contributed by atoms with Crippen LogP contribution in [-0.4, -0.2) is 50.0 Å². The monoisotopic (exact) mass is 459 g/mol. The van der Waals surface area contributed by atoms with E-state index >= 15 is 0 Å². The first-order valence-corrected chi connectivity index (χ1v) is 10.5. The summed E-state index contributed by atoms with van der Waals surface area (Å²) in [5.74, 6) is 0.525. The molecule has 0 atom stereocenters. The lowest BCUT2D eigenvalue weighted by Crippen LogP contribution is -2.48. The highest BCUT2D eigenvalue weighted by Crippen LogP contribution is 2.31. The lowest BCUT2D eigenvalue weighted by atomic mass is 10.1. The molecule has 0 saturated carbocycles. The third-order valence-electron chi connectivity index (χ3n) is 5.12. The third-order valence-corrected chi connectivity index (χ3v) is 5.57. The normalized spacial score (nSPS) is 13.9. The first-order chi connectivity index (χ1) is 13.9. The maximum absolute atomic E-state index is 13.0. The number of methoxy groups -OCH3 is 1. The Kier molecular flexibility index (Phi) is 6.79. The average molecular weight is 460 g/mol. The van der Waals surface area contributed by atoms with E-state index in [1.54, 1.807) is 13.2 Å². The number of ether oxygens (including phenoxy) is 1. The number of nitrogens with one attached hydrogen (secondary N) is 1. The second-order valence-electron chi connectivity index (χ2n) is 7.00. The van der Waals surface area contributed by atoms with Gasteiger partial charge in [-0.05, 0) is 36.8 Å². The second kappa shape index (κ2) is 9.31. The Labute approximate surface area is 180 Å². The Balaban J connectivity index is 1.80. The van der Waals surface area contributed by atoms with Crippen LogP contribution < -0.4 is 15.0 Å². The van der Waals surface area contributed by atoms with Crippen LogP contribution in [0.1, 0.15) is 29.3 Å². The first-order valence-electron chi connectivity index (χ1n) is 9.71. The van der Waals surface area contributed by atoms with Gasteiger partial charge in [0, 0.05) is 37.1 Å². The van der Waals surface area contributed by atoms with Gasteiger partial charge in [0.1, 0.15) is 5.75 Å². The van der Waals surface area contributed by atoms with Crippen molar-refractivity contribution in [1.82, 2.24) is 4.90 Å². The first kappa shape index (κ1) is 21.2. The van der Waals surface area contributed by atoms with Crippen LogP contribution in [0.2, 0.25) is 0 Å². The maximum Gasteiger partial charge on any atom is 0.259 e. The number of para-hydroxylation sites is 2. The molecule has 3 rings (SSSR count). The van der Waals surface area contributed by atoms with Crippen LogP contribution in [-0.2, 0) is 4.79 Å². The number of amides is 2. The van der Waals surface area contributed by atoms with Crippen LogP contribution >= 0.6 is 15.9 Å². The zero-order valence-electron chi connectivity index (χ0n) is 17.0. The van der Waals surface area contributed by atoms with Gasteiger partial charge in [-0.1, -0.05) is 35.0 Å². The SMILES string of the molecule is CCC(=O)N1CCN(c2ccccc2NC(=O)c2cc(Br)cc(C)c2OC)CC1. The van der Waals surface area contributed by atoms with E-state index in [-0.39, 0.29) is 11.8 Å². The number of rotatable bonds is 5. The Morgan fingerprint density at radius 2 is 1.83 bits per heavy atom. The van der Waals surface area contributed by atoms with E-state index < -0.39 is 0 Å². The van der Waals surface area contributed by atoms with Crippen LogP contribution in [0, 0.1) is 6.92 Å². The van der Waals surface area contributed by atoms with Gasteiger partial charge in [-0.2, -0.15) is 0 Å². The van der Waals surface area contributed by atoms with E-state index in [0.717, 1.165) is 34.5 Å². The number of anilines is 2. The Morgan fingerprint density at radius 3 is 2.48 bits per heavy atom. The summed E-state index contributed by atoms with van der Waals surface area (Å²) in [4.78, 5) is 29.1. The van der Waals surface area contributed by atoms with Gasteiger partial charge in [0.2, 0.25) is 5.91 Å². The molecule has 2 aromatic rings. The Hall–Kier alpha value is -2.54. The molecule has 1 aliphatic heterocycles. The minimum atomic E-state index is -0.224. The molecule has 1 N–H and O–H groups in total. The molecule has 2 aromatic carbocycles. The largest absolute Gasteiger partial charge is 0.496 e. The number of carbonyl (C=O) groups is 2. The van der Waals surface area contributed by atoms with Gasteiger partial charge in [0.05, 0.1) is 24.0 Å². The quantitative estimate of drug-likeness (QED) is 0.731. The van der Waals surface area contributed by atoms with Crippen molar-refractivity contribution in [1.29, 1.82) is 0 Å². The highest BCUT2D eigenvalue weighted by atomic mass is 79.9. The van der Waals surface area contributed by atoms with Crippen molar-refractivity contribution in [2.45, 2.75) is 20.3 Å². The van der Waals surface area contributed by atoms with Gasteiger partial charge in [-0.15, -0.1) is 0 Å². The number of hydrogen-bond acceptors (Lipinski definition) is 4. The fourth-order valence-electron chi connectivity index (χ4n) is 3.63. The zero-order valence-corrected chi connectivity index (χ0v) is 18.6. The summed E-state index contributed by atoms with van der Waals surface area (Å²) >= 11 is 3.45. The van der Waals surface area contributed by atoms with Crippen LogP contribution in [0.4, 0.5) is 11.4 Å². The standard InChI is InChI=1S/C22H26BrN3O3/c1-4-20(27)26-11-9-25(10-12-26)19-8-6-5-7-18(19)24-22(28)17-14-16(23)13-15(2)21(17)29-3/h5-8,13-14H,4,9-12H2,1-3H3,(H,24,28). The van der Waals surface area contributed by atoms with Crippen LogP contribution in [0.25, 0.3) is 0 Å². The predicted octanol–water partition coefficient (Wildman–Crippen LogP) is 4.08. The highest BCUT2D eigenvalue weighted by molar-refractivity contribution is 9.10. The number of piperazine rings is 1. The van der Waals surface area contributed by atoms with Crippen LogP contribution in [0.3, 0.4) is 0 Å². The van der Waals surface area contributed by atoms with Gasteiger partial charge < -0.3 is 19.9 Å². The summed E-state index contributed by atoms with van der Waals surface area (Å²) in [5, 5.41) is 3.04. The number of aryl methyl sites for hydroxylation is 1. The molecule has 0 spiro atoms. The lowest BCUT2D eigenvalue weighted by Gasteiger charge is -2.36. The summed E-state index contributed by atoms with van der Waals surface area (Å²) in [6.07, 6.45) is 0.528. The summed E-state index contributed by atoms with van der Waals surface area (Å²) in [7, 11) is 1.57. The van der Waals surface area contributed by atoms with Gasteiger partial charge in [0.25, 0.3) is 5.91 Å². The fraction of sp³-hybridized carbons (Fsp3) is 0.364. The lowest BCUT2D eigenvalue weighted by molar-refractivity contribution is -0.131. The number of hydrogen-bond donors (Lipinski definition) is 1. The van der Waals surface area contributed by atoms with E-state index in [2.05, 4.69) is 26.1 Å². The minimum Gasteiger partial charge on any atom is -0.496 e. The molecule has 0 radical (unpaired) electrons. The second-order valence-corrected chi connectivity index (χ2v) is 7.91. The average Bonchev–Trinajstić information content (AvgIpc) is 2.73. The third kappa shape index (κ3) is 4.72. The summed E-state index contributed by atoms with van der Waals surface area (Å²) in [6.45, 7) is 6.64. The molecular weight excluding hydrogens is 434 g/mol. The molecule has 1 heterocycles. The molecule has 29 heavy (non-hydrogen) atoms. The molecule has 154 valence electrons. The molecule has 2 amide bonds. The van der Waals surface area contributed by atoms with Crippen LogP contribution in [0.15, 0.2) is 40.9 Å². The van der Waals surface area contributed by atoms with Crippen molar-refractivity contribution < 1.29 is 14.3 Å². The minimum absolute atomic E-state index is 0.184. The number of benzene rings is 2. The van der Waals surface area contributed by atoms with E-state index in [1.165, 1.54) is 0 Å². The molecule has 1 fully saturated rings. The molecule has 1 aliphatic rings. The van der Waals surface area contributed by atoms with Crippen molar-refractivity contribution >= 4 is 39.1 Å². The van der Waals surface area contributed by atoms with E-state index in [1.807, 2.05) is 49.1 Å². The zero-order chi connectivity index (χ0) is 21.0. The van der Waals surface area contributed by atoms with Crippen molar-refractivity contribution in [2.75, 3.05) is 43.5 Å². The van der Waals surface area contributed by atoms with Crippen LogP contribution in [0.5, 0.6) is 5.75 Å². The van der Waals surface area contributed by atoms with E-state index in [9.17, 15) is 9.59 Å². The topological polar surface area (TPSA) is 61.9 Å². The van der Waals surface area contributed by atoms with Crippen molar-refractivity contribution in [3.05, 3.63) is 52.0 Å². The number of halogens is 1. The summed E-state index contributed by atoms with van der Waals surface area (Å²) in [5.41, 5.74) is 3.06. The predicted molar refractivity (Wildman–Crippen MR) is 119 cm³/mol. The molecule has 0 aliphatic carbocycles. The summed E-state index contributed by atoms with van der Waals surface area (Å²) in [6, 6.07) is 11.4. The van der Waals surface area contributed by atoms with Crippen molar-refractivity contribution in [3.8, 4) is 5.75 Å². The van der Waals surface area contributed by atoms with E-state index in [4.69, 9.17) is 4.74 Å². The number of carbonyl (C=O) groups excluding carboxylic acids is 2. The van der Waals surface area contributed by atoms with Gasteiger partial charge in [-0.3, -0.25) is 9.59 Å². The molecule has 0 unspecified atom stereocenters. The fourth-order valence-corrected chi connectivity index (χ4v) is 4.21. The smallest absolute Gasteiger partial charge is 0.259 e. The Bertz CT molecular complexity index is 908. The summed E-state index contributed by atoms with van der Waals surface area (Å²) < 4.78 is 6.28. The van der Waals surface area contributed by atoms with Crippen molar-refractivity contribution in [3.63, 3.8) is 0 Å². The van der Waals surface area contributed by atoms with Gasteiger partial charge in [-0.25, -0.2) is 0 Å². The van der Waals surface area contributed by atoms with Gasteiger partial charge in [0.15, 0.2) is 0 Å². The maximum atomic E-state index is 13.0. The molecule has 6 nitrogen and oxygen atoms in total. The van der Waals surface area contributed by atoms with E-state index in [0.29, 0.717) is 30.8 Å². The molecule has 7 heteroatoms. The number of nitrogens with zero attached hydrogens (tertiary/aromatic N) is 2. The molecule has 0 bridgehead atoms. The Morgan fingerprint density at radius 1 is 1.14 bits per heavy atom. The highest BCUT2D eigenvalue weighted by Gasteiger charge is 2.23. The van der Waals surface area contributed by atoms with Crippen molar-refractivity contribution in [2.24, 2.45) is 0 Å². The van der Waals surface area contributed by atoms with Gasteiger partial charge >= 0.3 is 0 Å². The molecule has 1 saturated heterocycles. The molecule has 0 aromatic heterocycles. The molecular formula is C22H26BrN3O3.